The van der Waals surface area contributed by atoms with Crippen LogP contribution >= 0.6 is 11.8 Å². The van der Waals surface area contributed by atoms with Gasteiger partial charge in [-0.05, 0) is 56.9 Å². The smallest absolute Gasteiger partial charge is 0.244 e. The Hall–Kier alpha value is -1.77. The predicted octanol–water partition coefficient (Wildman–Crippen LogP) is 1.86. The Bertz CT molecular complexity index is 981. The Labute approximate surface area is 199 Å². The summed E-state index contributed by atoms with van der Waals surface area (Å²) >= 11 is 1.96. The first-order valence-electron chi connectivity index (χ1n) is 12.7. The van der Waals surface area contributed by atoms with Gasteiger partial charge in [-0.2, -0.15) is 0 Å². The first kappa shape index (κ1) is 20.6. The molecule has 1 spiro atoms. The van der Waals surface area contributed by atoms with Crippen molar-refractivity contribution in [3.05, 3.63) is 34.4 Å². The average molecular weight is 468 g/mol. The lowest BCUT2D eigenvalue weighted by Crippen LogP contribution is -2.42. The number of thioether (sulfide) groups is 1. The van der Waals surface area contributed by atoms with E-state index in [0.717, 1.165) is 71.1 Å². The van der Waals surface area contributed by atoms with Gasteiger partial charge in [-0.1, -0.05) is 17.7 Å². The van der Waals surface area contributed by atoms with Crippen LogP contribution in [0.25, 0.3) is 0 Å². The molecule has 8 heteroatoms. The third-order valence-electron chi connectivity index (χ3n) is 8.60. The van der Waals surface area contributed by atoms with Gasteiger partial charge in [-0.25, -0.2) is 5.43 Å². The van der Waals surface area contributed by atoms with Gasteiger partial charge in [0.1, 0.15) is 11.7 Å². The average Bonchev–Trinajstić information content (AvgIpc) is 3.59. The summed E-state index contributed by atoms with van der Waals surface area (Å²) in [7, 11) is 0. The molecule has 0 aromatic heterocycles. The van der Waals surface area contributed by atoms with Gasteiger partial charge < -0.3 is 15.2 Å². The molecule has 4 aliphatic heterocycles. The highest BCUT2D eigenvalue weighted by molar-refractivity contribution is 8.04. The molecular formula is C25H33N5O2S. The molecule has 0 radical (unpaired) electrons. The van der Waals surface area contributed by atoms with Crippen LogP contribution in [0.4, 0.5) is 0 Å². The van der Waals surface area contributed by atoms with E-state index in [1.54, 1.807) is 0 Å². The minimum absolute atomic E-state index is 0.00768. The Kier molecular flexibility index (Phi) is 4.75. The number of rotatable bonds is 5. The van der Waals surface area contributed by atoms with Crippen LogP contribution in [-0.4, -0.2) is 64.7 Å². The number of hydrogen-bond donors (Lipinski definition) is 3. The number of carbonyl (C=O) groups is 2. The number of likely N-dealkylation sites (tertiary alicyclic amines) is 1. The van der Waals surface area contributed by atoms with Gasteiger partial charge >= 0.3 is 0 Å². The molecule has 7 rings (SSSR count). The molecule has 0 aromatic rings. The molecule has 2 saturated carbocycles. The number of fused-ring (bicyclic) bond motifs is 1. The third-order valence-corrected chi connectivity index (χ3v) is 10.0. The number of hydrazine groups is 1. The fourth-order valence-corrected chi connectivity index (χ4v) is 7.62. The predicted molar refractivity (Wildman–Crippen MR) is 128 cm³/mol. The minimum atomic E-state index is -0.310. The van der Waals surface area contributed by atoms with Crippen molar-refractivity contribution in [2.75, 3.05) is 26.2 Å². The van der Waals surface area contributed by atoms with Gasteiger partial charge in [0, 0.05) is 53.9 Å². The van der Waals surface area contributed by atoms with Crippen molar-refractivity contribution in [2.24, 2.45) is 17.8 Å². The number of nitrogens with one attached hydrogen (secondary N) is 3. The molecule has 3 N–H and O–H groups in total. The number of allylic oxidation sites excluding steroid dienone is 3. The van der Waals surface area contributed by atoms with E-state index in [-0.39, 0.29) is 23.5 Å². The van der Waals surface area contributed by atoms with Crippen molar-refractivity contribution in [1.82, 2.24) is 26.0 Å². The maximum Gasteiger partial charge on any atom is 0.244 e. The van der Waals surface area contributed by atoms with Crippen molar-refractivity contribution in [2.45, 2.75) is 61.9 Å². The summed E-state index contributed by atoms with van der Waals surface area (Å²) in [6, 6.07) is 0. The maximum atomic E-state index is 13.4. The standard InChI is InChI=1S/C25H33N5O2S/c31-23(16-1-2-16)29-10-7-15(13-29)14-30-22(27-25(8-9-25)24(30)32)21-6-5-20(33-21)17-3-4-19-18(11-17)12-26-28-19/h3-4,6,15-16,18,20,22,26-28H,1-2,5,7-14H2/t15-,18?,20?,22?/m1/s1. The molecule has 7 aliphatic rings. The second-order valence-electron chi connectivity index (χ2n) is 11.0. The molecule has 7 nitrogen and oxygen atoms in total. The lowest BCUT2D eigenvalue weighted by atomic mass is 9.90. The molecule has 3 unspecified atom stereocenters. The second-order valence-corrected chi connectivity index (χ2v) is 12.3. The minimum Gasteiger partial charge on any atom is -0.342 e. The number of nitrogens with zero attached hydrogens (tertiary/aromatic N) is 2. The molecule has 3 saturated heterocycles. The summed E-state index contributed by atoms with van der Waals surface area (Å²) in [5, 5.41) is 4.21. The highest BCUT2D eigenvalue weighted by Gasteiger charge is 2.60. The number of hydrogen-bond acceptors (Lipinski definition) is 6. The first-order chi connectivity index (χ1) is 16.1. The zero-order chi connectivity index (χ0) is 22.2. The van der Waals surface area contributed by atoms with Crippen LogP contribution in [0, 0.1) is 17.8 Å². The Balaban J connectivity index is 1.03. The van der Waals surface area contributed by atoms with Crippen LogP contribution in [0.1, 0.15) is 44.9 Å². The Morgan fingerprint density at radius 3 is 2.91 bits per heavy atom. The molecule has 0 aromatic carbocycles. The zero-order valence-corrected chi connectivity index (χ0v) is 19.8. The second kappa shape index (κ2) is 7.62. The van der Waals surface area contributed by atoms with Crippen LogP contribution in [0.5, 0.6) is 0 Å². The molecular weight excluding hydrogens is 434 g/mol. The van der Waals surface area contributed by atoms with Crippen LogP contribution in [-0.2, 0) is 9.59 Å². The summed E-state index contributed by atoms with van der Waals surface area (Å²) < 4.78 is 0. The van der Waals surface area contributed by atoms with E-state index in [1.807, 2.05) is 11.8 Å². The highest BCUT2D eigenvalue weighted by atomic mass is 32.2. The molecule has 33 heavy (non-hydrogen) atoms. The van der Waals surface area contributed by atoms with Crippen molar-refractivity contribution in [1.29, 1.82) is 0 Å². The monoisotopic (exact) mass is 467 g/mol. The number of carbonyl (C=O) groups excluding carboxylic acids is 2. The Morgan fingerprint density at radius 1 is 1.21 bits per heavy atom. The van der Waals surface area contributed by atoms with Gasteiger partial charge in [0.05, 0.1) is 0 Å². The molecule has 5 fully saturated rings. The van der Waals surface area contributed by atoms with Crippen LogP contribution in [0.3, 0.4) is 0 Å². The fourth-order valence-electron chi connectivity index (χ4n) is 6.26. The lowest BCUT2D eigenvalue weighted by molar-refractivity contribution is -0.131. The summed E-state index contributed by atoms with van der Waals surface area (Å²) in [5.41, 5.74) is 9.05. The fraction of sp³-hybridized carbons (Fsp3) is 0.680. The van der Waals surface area contributed by atoms with Crippen LogP contribution < -0.4 is 16.2 Å². The largest absolute Gasteiger partial charge is 0.342 e. The third kappa shape index (κ3) is 3.56. The van der Waals surface area contributed by atoms with E-state index in [1.165, 1.54) is 16.2 Å². The van der Waals surface area contributed by atoms with Gasteiger partial charge in [0.15, 0.2) is 0 Å². The zero-order valence-electron chi connectivity index (χ0n) is 19.0. The van der Waals surface area contributed by atoms with Crippen LogP contribution in [0.15, 0.2) is 34.4 Å². The van der Waals surface area contributed by atoms with E-state index in [4.69, 9.17) is 0 Å². The lowest BCUT2D eigenvalue weighted by Gasteiger charge is -2.28. The van der Waals surface area contributed by atoms with E-state index in [0.29, 0.717) is 23.0 Å². The van der Waals surface area contributed by atoms with Crippen molar-refractivity contribution in [3.8, 4) is 0 Å². The topological polar surface area (TPSA) is 76.7 Å². The number of amides is 2. The highest BCUT2D eigenvalue weighted by Crippen LogP contribution is 2.49. The maximum absolute atomic E-state index is 13.4. The van der Waals surface area contributed by atoms with E-state index in [9.17, 15) is 9.59 Å². The van der Waals surface area contributed by atoms with Crippen molar-refractivity contribution in [3.63, 3.8) is 0 Å². The molecule has 3 aliphatic carbocycles. The molecule has 2 amide bonds. The van der Waals surface area contributed by atoms with Gasteiger partial charge in [-0.3, -0.25) is 14.9 Å². The van der Waals surface area contributed by atoms with Gasteiger partial charge in [0.25, 0.3) is 0 Å². The van der Waals surface area contributed by atoms with Crippen molar-refractivity contribution < 1.29 is 9.59 Å². The SMILES string of the molecule is O=C(C1CC1)N1CC[C@@H](CN2C(=O)C3(CC3)NC2C2=CCC(C3=CC=C4NNCC4C3)S2)C1. The summed E-state index contributed by atoms with van der Waals surface area (Å²) in [5.74, 6) is 1.88. The Morgan fingerprint density at radius 2 is 2.09 bits per heavy atom. The van der Waals surface area contributed by atoms with E-state index < -0.39 is 0 Å². The quantitative estimate of drug-likeness (QED) is 0.573. The van der Waals surface area contributed by atoms with E-state index in [2.05, 4.69) is 44.2 Å². The van der Waals surface area contributed by atoms with E-state index >= 15 is 0 Å². The van der Waals surface area contributed by atoms with Gasteiger partial charge in [0.2, 0.25) is 11.8 Å². The summed E-state index contributed by atoms with van der Waals surface area (Å²) in [6.07, 6.45) is 14.1. The summed E-state index contributed by atoms with van der Waals surface area (Å²) in [6.45, 7) is 3.44. The molecule has 176 valence electrons. The molecule has 4 heterocycles. The first-order valence-corrected chi connectivity index (χ1v) is 13.6. The van der Waals surface area contributed by atoms with Crippen LogP contribution in [0.2, 0.25) is 0 Å². The summed E-state index contributed by atoms with van der Waals surface area (Å²) in [4.78, 5) is 31.4. The molecule has 4 atom stereocenters. The van der Waals surface area contributed by atoms with Crippen molar-refractivity contribution >= 4 is 23.6 Å². The normalized spacial score (nSPS) is 36.6. The molecule has 0 bridgehead atoms. The van der Waals surface area contributed by atoms with Gasteiger partial charge in [-0.15, -0.1) is 11.8 Å².